The van der Waals surface area contributed by atoms with Crippen molar-refractivity contribution in [3.63, 3.8) is 0 Å². The molecule has 0 fully saturated rings. The Morgan fingerprint density at radius 2 is 0.864 bits per heavy atom. The maximum absolute atomic E-state index is 5.41. The average molecular weight is 628 g/mol. The fraction of sp³-hybridized carbons (Fsp3) is 0.541. The van der Waals surface area contributed by atoms with Gasteiger partial charge in [-0.05, 0) is 58.1 Å². The first-order chi connectivity index (χ1) is 20.3. The smallest absolute Gasteiger partial charge is 0.344 e. The Morgan fingerprint density at radius 1 is 0.500 bits per heavy atom. The third-order valence-corrected chi connectivity index (χ3v) is 21.4. The first-order valence-corrected chi connectivity index (χ1v) is 21.2. The van der Waals surface area contributed by atoms with Crippen LogP contribution in [-0.2, 0) is 0 Å². The number of rotatable bonds is 6. The second-order valence-electron chi connectivity index (χ2n) is 18.0. The molecule has 3 heterocycles. The predicted octanol–water partition coefficient (Wildman–Crippen LogP) is 7.87. The number of anilines is 4. The van der Waals surface area contributed by atoms with Crippen molar-refractivity contribution in [2.24, 2.45) is 21.7 Å². The van der Waals surface area contributed by atoms with Crippen LogP contribution >= 0.6 is 0 Å². The van der Waals surface area contributed by atoms with E-state index in [1.807, 2.05) is 0 Å². The van der Waals surface area contributed by atoms with Gasteiger partial charge in [-0.3, -0.25) is 4.98 Å². The molecular weight excluding hydrogens is 571 g/mol. The summed E-state index contributed by atoms with van der Waals surface area (Å²) in [6, 6.07) is 25.3. The molecule has 0 amide bonds. The van der Waals surface area contributed by atoms with Crippen LogP contribution in [0.1, 0.15) is 83.1 Å². The van der Waals surface area contributed by atoms with Crippen molar-refractivity contribution in [1.29, 1.82) is 0 Å². The van der Waals surface area contributed by atoms with E-state index in [0.29, 0.717) is 0 Å². The lowest BCUT2D eigenvalue weighted by molar-refractivity contribution is 0.420. The Labute approximate surface area is 271 Å². The summed E-state index contributed by atoms with van der Waals surface area (Å²) in [4.78, 5) is 5.41. The molecule has 0 unspecified atom stereocenters. The van der Waals surface area contributed by atoms with Gasteiger partial charge in [-0.2, -0.15) is 0 Å². The molecule has 2 aromatic carbocycles. The molecular formula is C37H57N5Si2. The summed E-state index contributed by atoms with van der Waals surface area (Å²) in [5.74, 6) is 0. The minimum atomic E-state index is -2.84. The number of pyridine rings is 1. The van der Waals surface area contributed by atoms with Gasteiger partial charge in [-0.1, -0.05) is 113 Å². The number of nitrogens with zero attached hydrogens (tertiary/aromatic N) is 5. The number of fused-ring (bicyclic) bond motifs is 2. The van der Waals surface area contributed by atoms with Gasteiger partial charge in [0, 0.05) is 32.4 Å². The maximum Gasteiger partial charge on any atom is 0.344 e. The summed E-state index contributed by atoms with van der Waals surface area (Å²) in [6.07, 6.45) is 2.05. The Morgan fingerprint density at radius 3 is 1.20 bits per heavy atom. The van der Waals surface area contributed by atoms with Crippen LogP contribution in [0.2, 0.25) is 0 Å². The standard InChI is InChI=1S/C37H57N5Si2/c1-34(2,3)25-39-29-19-13-14-20-30(29)40(26-35(4,5)6)43(39)44(33-23-17-18-24-38-33)41(27-36(7,8)9)31-21-15-16-22-32(31)42(44)28-37(10,11)12/h13-24,43H,25-28H2,1-12H3. The zero-order valence-corrected chi connectivity index (χ0v) is 31.7. The van der Waals surface area contributed by atoms with E-state index in [4.69, 9.17) is 4.98 Å². The van der Waals surface area contributed by atoms with Crippen LogP contribution in [0.4, 0.5) is 22.7 Å². The van der Waals surface area contributed by atoms with Crippen LogP contribution in [0.15, 0.2) is 72.9 Å². The summed E-state index contributed by atoms with van der Waals surface area (Å²) in [6.45, 7) is 32.9. The molecule has 44 heavy (non-hydrogen) atoms. The normalized spacial score (nSPS) is 17.4. The highest BCUT2D eigenvalue weighted by molar-refractivity contribution is 7.44. The lowest BCUT2D eigenvalue weighted by atomic mass is 9.96. The highest BCUT2D eigenvalue weighted by atomic mass is 29.2. The Balaban J connectivity index is 1.93. The van der Waals surface area contributed by atoms with Crippen molar-refractivity contribution < 1.29 is 0 Å². The topological polar surface area (TPSA) is 25.9 Å². The van der Waals surface area contributed by atoms with E-state index in [9.17, 15) is 0 Å². The van der Waals surface area contributed by atoms with E-state index < -0.39 is 16.6 Å². The fourth-order valence-electron chi connectivity index (χ4n) is 7.24. The summed E-state index contributed by atoms with van der Waals surface area (Å²) < 4.78 is 11.7. The molecule has 0 saturated carbocycles. The Bertz CT molecular complexity index is 1360. The van der Waals surface area contributed by atoms with Gasteiger partial charge in [0.25, 0.3) is 8.64 Å². The first kappa shape index (κ1) is 32.6. The van der Waals surface area contributed by atoms with Crippen molar-refractivity contribution >= 4 is 44.6 Å². The summed E-state index contributed by atoms with van der Waals surface area (Å²) in [5, 5.41) is 1.30. The molecule has 238 valence electrons. The molecule has 5 rings (SSSR count). The number of benzene rings is 2. The number of aromatic nitrogens is 1. The third kappa shape index (κ3) is 6.32. The van der Waals surface area contributed by atoms with Crippen LogP contribution in [-0.4, -0.2) is 47.7 Å². The number of hydrogen-bond acceptors (Lipinski definition) is 5. The van der Waals surface area contributed by atoms with Crippen molar-refractivity contribution in [2.75, 3.05) is 44.4 Å². The Kier molecular flexibility index (Phi) is 8.33. The molecule has 2 aliphatic heterocycles. The molecule has 2 aliphatic rings. The second kappa shape index (κ2) is 11.2. The molecule has 5 nitrogen and oxygen atoms in total. The molecule has 0 N–H and O–H groups in total. The van der Waals surface area contributed by atoms with Crippen LogP contribution in [0.3, 0.4) is 0 Å². The van der Waals surface area contributed by atoms with E-state index >= 15 is 0 Å². The minimum Gasteiger partial charge on any atom is -0.380 e. The van der Waals surface area contributed by atoms with Gasteiger partial charge >= 0.3 is 7.91 Å². The summed E-state index contributed by atoms with van der Waals surface area (Å²) in [7, 11) is -4.94. The summed E-state index contributed by atoms with van der Waals surface area (Å²) >= 11 is 0. The second-order valence-corrected chi connectivity index (χ2v) is 27.0. The monoisotopic (exact) mass is 627 g/mol. The van der Waals surface area contributed by atoms with Crippen molar-refractivity contribution in [3.8, 4) is 0 Å². The minimum absolute atomic E-state index is 0.0987. The number of hydrogen-bond donors (Lipinski definition) is 0. The van der Waals surface area contributed by atoms with Crippen molar-refractivity contribution in [2.45, 2.75) is 83.1 Å². The molecule has 0 spiro atoms. The van der Waals surface area contributed by atoms with E-state index in [2.05, 4.69) is 174 Å². The highest BCUT2D eigenvalue weighted by Crippen LogP contribution is 2.51. The van der Waals surface area contributed by atoms with Crippen LogP contribution in [0.25, 0.3) is 0 Å². The van der Waals surface area contributed by atoms with Gasteiger partial charge in [0.05, 0.1) is 28.1 Å². The molecule has 7 heteroatoms. The van der Waals surface area contributed by atoms with Crippen LogP contribution in [0, 0.1) is 21.7 Å². The molecule has 0 radical (unpaired) electrons. The zero-order valence-electron chi connectivity index (χ0n) is 29.6. The first-order valence-electron chi connectivity index (χ1n) is 16.5. The average Bonchev–Trinajstić information content (AvgIpc) is 3.31. The van der Waals surface area contributed by atoms with Crippen LogP contribution < -0.4 is 23.6 Å². The van der Waals surface area contributed by atoms with E-state index in [1.165, 1.54) is 28.1 Å². The maximum atomic E-state index is 5.41. The largest absolute Gasteiger partial charge is 0.380 e. The van der Waals surface area contributed by atoms with Crippen molar-refractivity contribution in [3.05, 3.63) is 72.9 Å². The van der Waals surface area contributed by atoms with E-state index in [-0.39, 0.29) is 21.7 Å². The lowest BCUT2D eigenvalue weighted by Gasteiger charge is -2.53. The highest BCUT2D eigenvalue weighted by Gasteiger charge is 2.68. The van der Waals surface area contributed by atoms with E-state index in [1.54, 1.807) is 0 Å². The van der Waals surface area contributed by atoms with Gasteiger partial charge in [0.15, 0.2) is 0 Å². The Hall–Kier alpha value is -2.78. The predicted molar refractivity (Wildman–Crippen MR) is 197 cm³/mol. The SMILES string of the molecule is CC(C)(C)CN1c2ccccc2N(CC(C)(C)C)[SiH]1[Si]1(c2ccccn2)N(CC(C)(C)C)c2ccccc2N1CC(C)(C)C. The quantitative estimate of drug-likeness (QED) is 0.259. The van der Waals surface area contributed by atoms with Gasteiger partial charge in [-0.15, -0.1) is 0 Å². The van der Waals surface area contributed by atoms with Gasteiger partial charge in [0.2, 0.25) is 0 Å². The molecule has 0 atom stereocenters. The number of para-hydroxylation sites is 4. The summed E-state index contributed by atoms with van der Waals surface area (Å²) in [5.41, 5.74) is 6.05. The molecule has 0 aliphatic carbocycles. The molecule has 0 saturated heterocycles. The molecule has 1 aromatic heterocycles. The van der Waals surface area contributed by atoms with Gasteiger partial charge in [-0.25, -0.2) is 0 Å². The molecule has 0 bridgehead atoms. The van der Waals surface area contributed by atoms with Gasteiger partial charge in [0.1, 0.15) is 0 Å². The van der Waals surface area contributed by atoms with Crippen molar-refractivity contribution in [1.82, 2.24) is 4.98 Å². The van der Waals surface area contributed by atoms with E-state index in [0.717, 1.165) is 26.2 Å². The fourth-order valence-corrected chi connectivity index (χ4v) is 24.0. The molecule has 3 aromatic rings. The van der Waals surface area contributed by atoms with Gasteiger partial charge < -0.3 is 18.3 Å². The third-order valence-electron chi connectivity index (χ3n) is 8.33. The lowest BCUT2D eigenvalue weighted by Crippen LogP contribution is -2.87. The van der Waals surface area contributed by atoms with Crippen LogP contribution in [0.5, 0.6) is 0 Å². The zero-order chi connectivity index (χ0) is 32.3.